The smallest absolute Gasteiger partial charge is 0.232 e. The van der Waals surface area contributed by atoms with Crippen LogP contribution in [0.5, 0.6) is 11.5 Å². The number of Topliss-reactive ketones (excluding diaryl/α,β-unsaturated/α-hetero) is 1. The highest BCUT2D eigenvalue weighted by atomic mass is 16.5. The fourth-order valence-corrected chi connectivity index (χ4v) is 3.32. The van der Waals surface area contributed by atoms with Crippen LogP contribution in [-0.4, -0.2) is 43.9 Å². The number of carbonyl (C=O) groups is 1. The van der Waals surface area contributed by atoms with Gasteiger partial charge in [0.2, 0.25) is 5.78 Å². The Kier molecular flexibility index (Phi) is 4.07. The highest BCUT2D eigenvalue weighted by Gasteiger charge is 2.31. The second-order valence-electron chi connectivity index (χ2n) is 6.60. The molecule has 2 aliphatic rings. The van der Waals surface area contributed by atoms with E-state index in [1.807, 2.05) is 0 Å². The molecule has 0 aliphatic carbocycles. The molecule has 0 radical (unpaired) electrons. The third kappa shape index (κ3) is 3.06. The zero-order chi connectivity index (χ0) is 17.4. The van der Waals surface area contributed by atoms with E-state index in [4.69, 9.17) is 9.15 Å². The van der Waals surface area contributed by atoms with Gasteiger partial charge in [0.1, 0.15) is 18.1 Å². The maximum atomic E-state index is 12.6. The van der Waals surface area contributed by atoms with Gasteiger partial charge in [0.05, 0.1) is 24.9 Å². The Labute approximate surface area is 145 Å². The van der Waals surface area contributed by atoms with Gasteiger partial charge in [0.15, 0.2) is 5.76 Å². The SMILES string of the molecule is CN1CC[NH+](Cc2c([O-])ccc3c2OC(=Cc2ccco2)C3=O)CC1. The van der Waals surface area contributed by atoms with Gasteiger partial charge >= 0.3 is 0 Å². The van der Waals surface area contributed by atoms with Crippen molar-refractivity contribution in [2.24, 2.45) is 0 Å². The number of carbonyl (C=O) groups excluding carboxylic acids is 1. The van der Waals surface area contributed by atoms with Crippen molar-refractivity contribution < 1.29 is 24.0 Å². The molecule has 3 heterocycles. The zero-order valence-electron chi connectivity index (χ0n) is 14.1. The summed E-state index contributed by atoms with van der Waals surface area (Å²) in [6.45, 7) is 4.53. The number of hydrogen-bond donors (Lipinski definition) is 1. The number of allylic oxidation sites excluding steroid dienone is 1. The van der Waals surface area contributed by atoms with Crippen LogP contribution in [-0.2, 0) is 6.54 Å². The minimum Gasteiger partial charge on any atom is -0.872 e. The summed E-state index contributed by atoms with van der Waals surface area (Å²) in [4.78, 5) is 16.2. The molecule has 0 saturated carbocycles. The summed E-state index contributed by atoms with van der Waals surface area (Å²) in [5.74, 6) is 0.884. The molecule has 6 heteroatoms. The van der Waals surface area contributed by atoms with Crippen molar-refractivity contribution in [2.45, 2.75) is 6.54 Å². The maximum absolute atomic E-state index is 12.6. The average molecular weight is 340 g/mol. The quantitative estimate of drug-likeness (QED) is 0.814. The summed E-state index contributed by atoms with van der Waals surface area (Å²) in [7, 11) is 2.10. The third-order valence-electron chi connectivity index (χ3n) is 4.84. The zero-order valence-corrected chi connectivity index (χ0v) is 14.1. The number of ether oxygens (including phenoxy) is 1. The van der Waals surface area contributed by atoms with Crippen LogP contribution in [0.3, 0.4) is 0 Å². The van der Waals surface area contributed by atoms with E-state index in [1.54, 1.807) is 24.3 Å². The number of hydrogen-bond acceptors (Lipinski definition) is 5. The topological polar surface area (TPSA) is 70.2 Å². The lowest BCUT2D eigenvalue weighted by molar-refractivity contribution is -0.918. The van der Waals surface area contributed by atoms with Crippen LogP contribution in [0.25, 0.3) is 6.08 Å². The van der Waals surface area contributed by atoms with E-state index < -0.39 is 0 Å². The first-order valence-electron chi connectivity index (χ1n) is 8.44. The summed E-state index contributed by atoms with van der Waals surface area (Å²) in [5, 5.41) is 12.4. The van der Waals surface area contributed by atoms with Crippen LogP contribution < -0.4 is 14.7 Å². The number of rotatable bonds is 3. The number of fused-ring (bicyclic) bond motifs is 1. The fourth-order valence-electron chi connectivity index (χ4n) is 3.32. The highest BCUT2D eigenvalue weighted by Crippen LogP contribution is 2.38. The lowest BCUT2D eigenvalue weighted by Gasteiger charge is -2.30. The lowest BCUT2D eigenvalue weighted by atomic mass is 10.0. The molecule has 4 rings (SSSR count). The molecular formula is C19H20N2O4. The van der Waals surface area contributed by atoms with Crippen LogP contribution in [0, 0.1) is 0 Å². The summed E-state index contributed by atoms with van der Waals surface area (Å²) >= 11 is 0. The van der Waals surface area contributed by atoms with Gasteiger partial charge in [-0.15, -0.1) is 0 Å². The largest absolute Gasteiger partial charge is 0.872 e. The van der Waals surface area contributed by atoms with Gasteiger partial charge < -0.3 is 19.2 Å². The molecule has 2 aromatic rings. The second kappa shape index (κ2) is 6.38. The molecule has 1 fully saturated rings. The minimum absolute atomic E-state index is 0.0720. The van der Waals surface area contributed by atoms with Crippen LogP contribution in [0.4, 0.5) is 0 Å². The molecule has 1 aromatic heterocycles. The first-order valence-corrected chi connectivity index (χ1v) is 8.44. The van der Waals surface area contributed by atoms with E-state index >= 15 is 0 Å². The van der Waals surface area contributed by atoms with Crippen molar-refractivity contribution in [2.75, 3.05) is 33.2 Å². The van der Waals surface area contributed by atoms with Crippen molar-refractivity contribution >= 4 is 11.9 Å². The van der Waals surface area contributed by atoms with Crippen molar-refractivity contribution in [3.05, 3.63) is 53.2 Å². The molecule has 2 aliphatic heterocycles. The molecular weight excluding hydrogens is 320 g/mol. The standard InChI is InChI=1S/C19H20N2O4/c1-20-6-8-21(9-7-20)12-15-16(22)5-4-14-18(23)17(25-19(14)15)11-13-3-2-10-24-13/h2-5,10-11,22H,6-9,12H2,1H3. The molecule has 0 spiro atoms. The number of furan rings is 1. The number of nitrogens with zero attached hydrogens (tertiary/aromatic N) is 1. The summed E-state index contributed by atoms with van der Waals surface area (Å²) in [6.07, 6.45) is 3.11. The average Bonchev–Trinajstić information content (AvgIpc) is 3.22. The van der Waals surface area contributed by atoms with Gasteiger partial charge in [-0.05, 0) is 25.2 Å². The number of ketones is 1. The predicted octanol–water partition coefficient (Wildman–Crippen LogP) is 0.300. The van der Waals surface area contributed by atoms with Crippen molar-refractivity contribution in [3.8, 4) is 11.5 Å². The van der Waals surface area contributed by atoms with Gasteiger partial charge in [-0.25, -0.2) is 0 Å². The Morgan fingerprint density at radius 2 is 2.08 bits per heavy atom. The van der Waals surface area contributed by atoms with E-state index in [0.29, 0.717) is 29.2 Å². The Morgan fingerprint density at radius 1 is 1.28 bits per heavy atom. The molecule has 1 aromatic carbocycles. The Bertz CT molecular complexity index is 818. The van der Waals surface area contributed by atoms with Crippen molar-refractivity contribution in [3.63, 3.8) is 0 Å². The van der Waals surface area contributed by atoms with Gasteiger partial charge in [-0.1, -0.05) is 11.8 Å². The van der Waals surface area contributed by atoms with Crippen molar-refractivity contribution in [1.82, 2.24) is 4.90 Å². The minimum atomic E-state index is -0.207. The maximum Gasteiger partial charge on any atom is 0.232 e. The van der Waals surface area contributed by atoms with E-state index in [0.717, 1.165) is 26.2 Å². The highest BCUT2D eigenvalue weighted by molar-refractivity contribution is 6.14. The molecule has 0 bridgehead atoms. The summed E-state index contributed by atoms with van der Waals surface area (Å²) in [5.41, 5.74) is 1.05. The van der Waals surface area contributed by atoms with Crippen LogP contribution in [0.2, 0.25) is 0 Å². The Hall–Kier alpha value is -2.57. The summed E-state index contributed by atoms with van der Waals surface area (Å²) in [6, 6.07) is 6.53. The number of piperazine rings is 1. The monoisotopic (exact) mass is 340 g/mol. The molecule has 0 unspecified atom stereocenters. The lowest BCUT2D eigenvalue weighted by Crippen LogP contribution is -3.13. The molecule has 1 saturated heterocycles. The fraction of sp³-hybridized carbons (Fsp3) is 0.316. The molecule has 1 N–H and O–H groups in total. The van der Waals surface area contributed by atoms with E-state index in [-0.39, 0.29) is 17.3 Å². The number of likely N-dealkylation sites (N-methyl/N-ethyl adjacent to an activating group) is 1. The van der Waals surface area contributed by atoms with Gasteiger partial charge in [-0.3, -0.25) is 9.69 Å². The third-order valence-corrected chi connectivity index (χ3v) is 4.84. The number of quaternary nitrogens is 1. The Morgan fingerprint density at radius 3 is 2.80 bits per heavy atom. The molecule has 0 atom stereocenters. The molecule has 6 nitrogen and oxygen atoms in total. The molecule has 0 amide bonds. The first kappa shape index (κ1) is 15.9. The molecule has 130 valence electrons. The van der Waals surface area contributed by atoms with Crippen LogP contribution >= 0.6 is 0 Å². The van der Waals surface area contributed by atoms with Crippen LogP contribution in [0.15, 0.2) is 40.7 Å². The van der Waals surface area contributed by atoms with Gasteiger partial charge in [-0.2, -0.15) is 0 Å². The van der Waals surface area contributed by atoms with E-state index in [1.165, 1.54) is 17.2 Å². The van der Waals surface area contributed by atoms with E-state index in [9.17, 15) is 9.90 Å². The van der Waals surface area contributed by atoms with Gasteiger partial charge in [0, 0.05) is 24.7 Å². The first-order chi connectivity index (χ1) is 12.1. The van der Waals surface area contributed by atoms with Crippen molar-refractivity contribution in [1.29, 1.82) is 0 Å². The number of nitrogens with one attached hydrogen (secondary N) is 1. The van der Waals surface area contributed by atoms with Gasteiger partial charge in [0.25, 0.3) is 0 Å². The summed E-state index contributed by atoms with van der Waals surface area (Å²) < 4.78 is 11.0. The normalized spacial score (nSPS) is 20.0. The Balaban J connectivity index is 1.62. The molecule has 25 heavy (non-hydrogen) atoms. The number of benzene rings is 1. The van der Waals surface area contributed by atoms with Crippen LogP contribution in [0.1, 0.15) is 21.7 Å². The van der Waals surface area contributed by atoms with E-state index in [2.05, 4.69) is 11.9 Å². The predicted molar refractivity (Wildman–Crippen MR) is 89.4 cm³/mol. The second-order valence-corrected chi connectivity index (χ2v) is 6.60.